The molecule has 0 saturated carbocycles. The largest absolute Gasteiger partial charge is 0.458 e. The fourth-order valence-electron chi connectivity index (χ4n) is 0.977. The van der Waals surface area contributed by atoms with Gasteiger partial charge in [0, 0.05) is 32.7 Å². The summed E-state index contributed by atoms with van der Waals surface area (Å²) in [5.74, 6) is 0. The molecule has 0 fully saturated rings. The number of rotatable bonds is 1. The summed E-state index contributed by atoms with van der Waals surface area (Å²) in [5.41, 5.74) is 2.27. The third-order valence-corrected chi connectivity index (χ3v) is 1.58. The van der Waals surface area contributed by atoms with Crippen molar-refractivity contribution < 1.29 is 37.5 Å². The maximum atomic E-state index is 10.5. The van der Waals surface area contributed by atoms with Crippen molar-refractivity contribution in [3.05, 3.63) is 35.7 Å². The van der Waals surface area contributed by atoms with E-state index in [4.69, 9.17) is 0 Å². The van der Waals surface area contributed by atoms with Crippen molar-refractivity contribution in [1.82, 2.24) is 4.90 Å². The number of hydrogen-bond acceptors (Lipinski definition) is 2. The SMILES string of the molecule is C=C1C(C=O)=CC(C)=[C-]N1C.[Y]. The van der Waals surface area contributed by atoms with Crippen LogP contribution in [0, 0.1) is 6.20 Å². The molecule has 1 rings (SSSR count). The van der Waals surface area contributed by atoms with Crippen molar-refractivity contribution in [3.63, 3.8) is 0 Å². The van der Waals surface area contributed by atoms with Crippen LogP contribution in [-0.4, -0.2) is 18.2 Å². The molecule has 0 unspecified atom stereocenters. The molecule has 0 aromatic heterocycles. The molecule has 1 aliphatic rings. The Labute approximate surface area is 97.9 Å². The van der Waals surface area contributed by atoms with E-state index in [0.29, 0.717) is 11.3 Å². The van der Waals surface area contributed by atoms with Crippen LogP contribution in [0.2, 0.25) is 0 Å². The molecule has 1 aliphatic heterocycles. The zero-order valence-electron chi connectivity index (χ0n) is 7.29. The number of allylic oxidation sites excluding steroid dienone is 3. The van der Waals surface area contributed by atoms with E-state index in [1.165, 1.54) is 0 Å². The molecule has 1 heterocycles. The molecular weight excluding hydrogens is 227 g/mol. The van der Waals surface area contributed by atoms with Gasteiger partial charge in [-0.3, -0.25) is 0 Å². The molecule has 12 heavy (non-hydrogen) atoms. The van der Waals surface area contributed by atoms with Crippen LogP contribution in [0.5, 0.6) is 0 Å². The summed E-state index contributed by atoms with van der Waals surface area (Å²) in [5, 5.41) is 0. The predicted octanol–water partition coefficient (Wildman–Crippen LogP) is 1.28. The van der Waals surface area contributed by atoms with Gasteiger partial charge in [0.15, 0.2) is 0 Å². The molecule has 0 amide bonds. The summed E-state index contributed by atoms with van der Waals surface area (Å²) < 4.78 is 0. The Morgan fingerprint density at radius 3 is 2.75 bits per heavy atom. The summed E-state index contributed by atoms with van der Waals surface area (Å²) >= 11 is 0. The van der Waals surface area contributed by atoms with Gasteiger partial charge in [-0.2, -0.15) is 6.08 Å². The summed E-state index contributed by atoms with van der Waals surface area (Å²) in [4.78, 5) is 12.2. The number of hydrogen-bond donors (Lipinski definition) is 0. The Morgan fingerprint density at radius 2 is 2.25 bits per heavy atom. The van der Waals surface area contributed by atoms with E-state index in [-0.39, 0.29) is 32.7 Å². The van der Waals surface area contributed by atoms with Crippen LogP contribution in [0.25, 0.3) is 0 Å². The minimum Gasteiger partial charge on any atom is -0.458 e. The van der Waals surface area contributed by atoms with E-state index in [1.807, 2.05) is 14.0 Å². The van der Waals surface area contributed by atoms with Gasteiger partial charge in [-0.05, 0) is 7.05 Å². The standard InChI is InChI=1S/C9H10NO.Y/c1-7-4-9(6-11)8(2)10(3)5-7;/h4,6H,2H2,1,3H3;/q-1;. The fraction of sp³-hybridized carbons (Fsp3) is 0.222. The van der Waals surface area contributed by atoms with Gasteiger partial charge in [-0.15, -0.1) is 18.4 Å². The average molecular weight is 237 g/mol. The molecule has 0 aliphatic carbocycles. The maximum Gasteiger partial charge on any atom is 0.127 e. The second-order valence-corrected chi connectivity index (χ2v) is 2.52. The van der Waals surface area contributed by atoms with Crippen LogP contribution < -0.4 is 0 Å². The zero-order valence-corrected chi connectivity index (χ0v) is 10.1. The van der Waals surface area contributed by atoms with Crippen LogP contribution in [0.1, 0.15) is 6.92 Å². The number of aldehydes is 1. The second kappa shape index (κ2) is 4.73. The Balaban J connectivity index is 0.00000121. The quantitative estimate of drug-likeness (QED) is 0.505. The topological polar surface area (TPSA) is 20.3 Å². The molecule has 0 saturated heterocycles. The fourth-order valence-corrected chi connectivity index (χ4v) is 0.977. The summed E-state index contributed by atoms with van der Waals surface area (Å²) in [6.07, 6.45) is 5.59. The Hall–Kier alpha value is -0.206. The van der Waals surface area contributed by atoms with Gasteiger partial charge in [-0.25, -0.2) is 0 Å². The van der Waals surface area contributed by atoms with Crippen molar-refractivity contribution in [1.29, 1.82) is 0 Å². The Bertz CT molecular complexity index is 266. The van der Waals surface area contributed by atoms with Crippen molar-refractivity contribution in [3.8, 4) is 0 Å². The van der Waals surface area contributed by atoms with E-state index in [0.717, 1.165) is 11.9 Å². The van der Waals surface area contributed by atoms with Crippen LogP contribution in [0.3, 0.4) is 0 Å². The van der Waals surface area contributed by atoms with Gasteiger partial charge in [0.05, 0.1) is 0 Å². The molecule has 0 N–H and O–H groups in total. The molecule has 0 atom stereocenters. The van der Waals surface area contributed by atoms with Gasteiger partial charge in [0.2, 0.25) is 0 Å². The smallest absolute Gasteiger partial charge is 0.127 e. The third-order valence-electron chi connectivity index (χ3n) is 1.58. The molecule has 2 nitrogen and oxygen atoms in total. The predicted molar refractivity (Wildman–Crippen MR) is 43.5 cm³/mol. The number of nitrogens with zero attached hydrogens (tertiary/aromatic N) is 1. The first-order chi connectivity index (χ1) is 5.15. The molecule has 0 spiro atoms. The first-order valence-electron chi connectivity index (χ1n) is 3.35. The van der Waals surface area contributed by atoms with Crippen molar-refractivity contribution in [2.75, 3.05) is 7.05 Å². The van der Waals surface area contributed by atoms with Crippen LogP contribution in [0.4, 0.5) is 0 Å². The molecule has 0 bridgehead atoms. The minimum absolute atomic E-state index is 0. The average Bonchev–Trinajstić information content (AvgIpc) is 1.96. The number of carbonyl (C=O) groups is 1. The first-order valence-corrected chi connectivity index (χ1v) is 3.35. The van der Waals surface area contributed by atoms with Gasteiger partial charge < -0.3 is 9.69 Å². The molecule has 3 heteroatoms. The monoisotopic (exact) mass is 237 g/mol. The molecule has 1 radical (unpaired) electrons. The molecule has 61 valence electrons. The van der Waals surface area contributed by atoms with E-state index >= 15 is 0 Å². The molecule has 0 aromatic rings. The summed E-state index contributed by atoms with van der Waals surface area (Å²) in [7, 11) is 1.82. The Morgan fingerprint density at radius 1 is 1.67 bits per heavy atom. The van der Waals surface area contributed by atoms with Crippen LogP contribution in [-0.2, 0) is 37.5 Å². The van der Waals surface area contributed by atoms with E-state index < -0.39 is 0 Å². The van der Waals surface area contributed by atoms with Gasteiger partial charge in [0.25, 0.3) is 0 Å². The number of carbonyl (C=O) groups excluding carboxylic acids is 1. The second-order valence-electron chi connectivity index (χ2n) is 2.52. The first kappa shape index (κ1) is 11.8. The van der Waals surface area contributed by atoms with Crippen molar-refractivity contribution in [2.24, 2.45) is 0 Å². The zero-order chi connectivity index (χ0) is 8.43. The van der Waals surface area contributed by atoms with E-state index in [9.17, 15) is 4.79 Å². The van der Waals surface area contributed by atoms with Crippen LogP contribution in [0.15, 0.2) is 29.5 Å². The normalized spacial score (nSPS) is 16.2. The van der Waals surface area contributed by atoms with Crippen molar-refractivity contribution >= 4 is 6.29 Å². The van der Waals surface area contributed by atoms with Gasteiger partial charge in [0.1, 0.15) is 6.29 Å². The summed E-state index contributed by atoms with van der Waals surface area (Å²) in [6, 6.07) is 0. The van der Waals surface area contributed by atoms with Gasteiger partial charge >= 0.3 is 0 Å². The number of likely N-dealkylation sites (N-methyl/N-ethyl adjacent to an activating group) is 1. The van der Waals surface area contributed by atoms with Crippen LogP contribution >= 0.6 is 0 Å². The third kappa shape index (κ3) is 2.39. The molecular formula is C9H10NOY-. The Kier molecular flexibility index (Phi) is 4.65. The van der Waals surface area contributed by atoms with E-state index in [2.05, 4.69) is 12.8 Å². The molecule has 0 aromatic carbocycles. The van der Waals surface area contributed by atoms with Gasteiger partial charge in [-0.1, -0.05) is 18.2 Å². The summed E-state index contributed by atoms with van der Waals surface area (Å²) in [6.45, 7) is 5.63. The maximum absolute atomic E-state index is 10.5. The minimum atomic E-state index is 0. The van der Waals surface area contributed by atoms with E-state index in [1.54, 1.807) is 11.0 Å². The van der Waals surface area contributed by atoms with Crippen molar-refractivity contribution in [2.45, 2.75) is 6.92 Å².